The van der Waals surface area contributed by atoms with Crippen LogP contribution in [0.25, 0.3) is 0 Å². The van der Waals surface area contributed by atoms with E-state index in [1.54, 1.807) is 18.2 Å². The van der Waals surface area contributed by atoms with Crippen LogP contribution in [-0.4, -0.2) is 62.9 Å². The van der Waals surface area contributed by atoms with Crippen LogP contribution in [0.2, 0.25) is 4.34 Å². The highest BCUT2D eigenvalue weighted by Gasteiger charge is 2.35. The Balaban J connectivity index is 1.49. The van der Waals surface area contributed by atoms with Crippen LogP contribution in [0.3, 0.4) is 0 Å². The van der Waals surface area contributed by atoms with Gasteiger partial charge in [-0.3, -0.25) is 4.99 Å². The number of hydrogen-bond donors (Lipinski definition) is 0. The Hall–Kier alpha value is -1.84. The van der Waals surface area contributed by atoms with E-state index in [0.29, 0.717) is 55.3 Å². The maximum atomic E-state index is 14.0. The Morgan fingerprint density at radius 3 is 2.37 bits per heavy atom. The molecule has 6 nitrogen and oxygen atoms in total. The van der Waals surface area contributed by atoms with Crippen LogP contribution < -0.4 is 4.90 Å². The molecule has 1 aromatic carbocycles. The zero-order chi connectivity index (χ0) is 19.0. The lowest BCUT2D eigenvalue weighted by molar-refractivity contribution is 0.357. The third-order valence-electron chi connectivity index (χ3n) is 4.63. The number of aliphatic imine (C=N–C) groups is 1. The highest BCUT2D eigenvalue weighted by molar-refractivity contribution is 7.91. The van der Waals surface area contributed by atoms with Gasteiger partial charge >= 0.3 is 0 Å². The quantitative estimate of drug-likeness (QED) is 0.754. The van der Waals surface area contributed by atoms with E-state index in [-0.39, 0.29) is 10.0 Å². The van der Waals surface area contributed by atoms with Gasteiger partial charge in [-0.1, -0.05) is 23.7 Å². The topological polar surface area (TPSA) is 56.2 Å². The lowest BCUT2D eigenvalue weighted by Gasteiger charge is -2.38. The monoisotopic (exact) mass is 428 g/mol. The van der Waals surface area contributed by atoms with Crippen LogP contribution >= 0.6 is 22.9 Å². The number of guanidine groups is 1. The number of thiophene rings is 1. The van der Waals surface area contributed by atoms with E-state index in [1.165, 1.54) is 16.4 Å². The van der Waals surface area contributed by atoms with Crippen LogP contribution in [0.15, 0.2) is 45.6 Å². The third-order valence-corrected chi connectivity index (χ3v) is 8.11. The van der Waals surface area contributed by atoms with Gasteiger partial charge in [0.25, 0.3) is 10.0 Å². The molecule has 2 aliphatic heterocycles. The van der Waals surface area contributed by atoms with Gasteiger partial charge in [0, 0.05) is 26.2 Å². The minimum absolute atomic E-state index is 0.215. The highest BCUT2D eigenvalue weighted by Crippen LogP contribution is 2.30. The third kappa shape index (κ3) is 3.51. The van der Waals surface area contributed by atoms with E-state index in [4.69, 9.17) is 11.6 Å². The van der Waals surface area contributed by atoms with Crippen molar-refractivity contribution in [1.29, 1.82) is 0 Å². The second-order valence-electron chi connectivity index (χ2n) is 6.24. The van der Waals surface area contributed by atoms with Gasteiger partial charge in [-0.15, -0.1) is 11.3 Å². The van der Waals surface area contributed by atoms with Crippen molar-refractivity contribution in [2.24, 2.45) is 4.99 Å². The second kappa shape index (κ2) is 7.29. The smallest absolute Gasteiger partial charge is 0.276 e. The first-order valence-electron chi connectivity index (χ1n) is 8.54. The molecule has 0 radical (unpaired) electrons. The summed E-state index contributed by atoms with van der Waals surface area (Å²) in [5.41, 5.74) is 0.572. The maximum Gasteiger partial charge on any atom is 0.276 e. The second-order valence-corrected chi connectivity index (χ2v) is 10.0. The normalized spacial score (nSPS) is 18.1. The molecule has 144 valence electrons. The van der Waals surface area contributed by atoms with Crippen molar-refractivity contribution in [3.63, 3.8) is 0 Å². The number of piperazine rings is 1. The van der Waals surface area contributed by atoms with Crippen LogP contribution in [0, 0.1) is 5.82 Å². The zero-order valence-electron chi connectivity index (χ0n) is 14.4. The van der Waals surface area contributed by atoms with E-state index in [1.807, 2.05) is 15.9 Å². The van der Waals surface area contributed by atoms with Crippen molar-refractivity contribution in [1.82, 2.24) is 9.21 Å². The average Bonchev–Trinajstić information content (AvgIpc) is 3.32. The summed E-state index contributed by atoms with van der Waals surface area (Å²) in [5.74, 6) is 0.218. The van der Waals surface area contributed by atoms with E-state index in [2.05, 4.69) is 4.99 Å². The molecule has 0 bridgehead atoms. The molecule has 0 atom stereocenters. The molecule has 1 saturated heterocycles. The SMILES string of the molecule is O=S(=O)(c1ccc(Cl)s1)N1CCN=C1N1CCN(c2ccccc2F)CC1. The van der Waals surface area contributed by atoms with Crippen LogP contribution in [0.1, 0.15) is 0 Å². The van der Waals surface area contributed by atoms with Gasteiger partial charge in [0.1, 0.15) is 10.0 Å². The van der Waals surface area contributed by atoms with E-state index >= 15 is 0 Å². The molecule has 0 saturated carbocycles. The van der Waals surface area contributed by atoms with Crippen molar-refractivity contribution in [2.75, 3.05) is 44.2 Å². The molecule has 10 heteroatoms. The van der Waals surface area contributed by atoms with Crippen molar-refractivity contribution >= 4 is 44.6 Å². The number of sulfonamides is 1. The fraction of sp³-hybridized carbons (Fsp3) is 0.353. The summed E-state index contributed by atoms with van der Waals surface area (Å²) in [7, 11) is -3.67. The molecule has 0 N–H and O–H groups in total. The zero-order valence-corrected chi connectivity index (χ0v) is 16.8. The van der Waals surface area contributed by atoms with Gasteiger partial charge in [-0.25, -0.2) is 17.1 Å². The highest BCUT2D eigenvalue weighted by atomic mass is 35.5. The number of anilines is 1. The standard InChI is InChI=1S/C17H18ClFN4O2S2/c18-15-5-6-16(26-15)27(24,25)23-8-7-20-17(23)22-11-9-21(10-12-22)14-4-2-1-3-13(14)19/h1-6H,7-12H2. The number of para-hydroxylation sites is 1. The van der Waals surface area contributed by atoms with Gasteiger partial charge in [-0.2, -0.15) is 0 Å². The van der Waals surface area contributed by atoms with Crippen molar-refractivity contribution in [3.8, 4) is 0 Å². The lowest BCUT2D eigenvalue weighted by atomic mass is 10.2. The number of nitrogens with zero attached hydrogens (tertiary/aromatic N) is 4. The lowest BCUT2D eigenvalue weighted by Crippen LogP contribution is -2.53. The largest absolute Gasteiger partial charge is 0.366 e. The Morgan fingerprint density at radius 1 is 1.00 bits per heavy atom. The molecular weight excluding hydrogens is 411 g/mol. The molecule has 0 spiro atoms. The number of hydrogen-bond acceptors (Lipinski definition) is 6. The van der Waals surface area contributed by atoms with Gasteiger partial charge in [0.15, 0.2) is 0 Å². The summed E-state index contributed by atoms with van der Waals surface area (Å²) in [6.07, 6.45) is 0. The molecule has 2 aromatic rings. The number of halogens is 2. The molecule has 3 heterocycles. The van der Waals surface area contributed by atoms with Gasteiger partial charge in [-0.05, 0) is 24.3 Å². The molecular formula is C17H18ClFN4O2S2. The molecule has 1 fully saturated rings. The molecule has 27 heavy (non-hydrogen) atoms. The summed E-state index contributed by atoms with van der Waals surface area (Å²) in [5, 5.41) is 0. The van der Waals surface area contributed by atoms with E-state index < -0.39 is 10.0 Å². The Morgan fingerprint density at radius 2 is 1.70 bits per heavy atom. The maximum absolute atomic E-state index is 14.0. The van der Waals surface area contributed by atoms with Gasteiger partial charge in [0.2, 0.25) is 5.96 Å². The van der Waals surface area contributed by atoms with E-state index in [0.717, 1.165) is 11.3 Å². The van der Waals surface area contributed by atoms with E-state index in [9.17, 15) is 12.8 Å². The Labute approximate surface area is 166 Å². The summed E-state index contributed by atoms with van der Waals surface area (Å²) >= 11 is 6.95. The average molecular weight is 429 g/mol. The fourth-order valence-corrected chi connectivity index (χ4v) is 6.35. The summed E-state index contributed by atoms with van der Waals surface area (Å²) < 4.78 is 41.9. The minimum Gasteiger partial charge on any atom is -0.366 e. The summed E-state index contributed by atoms with van der Waals surface area (Å²) in [6.45, 7) is 3.09. The van der Waals surface area contributed by atoms with Crippen LogP contribution in [-0.2, 0) is 10.0 Å². The molecule has 2 aliphatic rings. The van der Waals surface area contributed by atoms with Crippen LogP contribution in [0.4, 0.5) is 10.1 Å². The first-order chi connectivity index (χ1) is 13.0. The molecule has 4 rings (SSSR count). The molecule has 1 aromatic heterocycles. The fourth-order valence-electron chi connectivity index (χ4n) is 3.31. The molecule has 0 aliphatic carbocycles. The molecule has 0 unspecified atom stereocenters. The first-order valence-corrected chi connectivity index (χ1v) is 11.2. The number of benzene rings is 1. The summed E-state index contributed by atoms with van der Waals surface area (Å²) in [4.78, 5) is 8.35. The van der Waals surface area contributed by atoms with Crippen molar-refractivity contribution in [2.45, 2.75) is 4.21 Å². The number of rotatable bonds is 3. The minimum atomic E-state index is -3.67. The summed E-state index contributed by atoms with van der Waals surface area (Å²) in [6, 6.07) is 9.79. The van der Waals surface area contributed by atoms with Crippen molar-refractivity contribution in [3.05, 3.63) is 46.6 Å². The Kier molecular flexibility index (Phi) is 5.00. The van der Waals surface area contributed by atoms with Crippen LogP contribution in [0.5, 0.6) is 0 Å². The van der Waals surface area contributed by atoms with Crippen molar-refractivity contribution < 1.29 is 12.8 Å². The first kappa shape index (κ1) is 18.5. The Bertz CT molecular complexity index is 971. The van der Waals surface area contributed by atoms with Gasteiger partial charge < -0.3 is 9.80 Å². The predicted octanol–water partition coefficient (Wildman–Crippen LogP) is 2.72. The molecule has 0 amide bonds. The predicted molar refractivity (Wildman–Crippen MR) is 106 cm³/mol. The van der Waals surface area contributed by atoms with Gasteiger partial charge in [0.05, 0.1) is 23.1 Å².